The van der Waals surface area contributed by atoms with Crippen LogP contribution in [0.3, 0.4) is 0 Å². The molecule has 0 saturated carbocycles. The predicted molar refractivity (Wildman–Crippen MR) is 75.9 cm³/mol. The highest BCUT2D eigenvalue weighted by Crippen LogP contribution is 2.41. The number of rotatable bonds is 4. The van der Waals surface area contributed by atoms with E-state index in [1.54, 1.807) is 0 Å². The van der Waals surface area contributed by atoms with Crippen molar-refractivity contribution in [2.24, 2.45) is 5.73 Å². The molecule has 1 aromatic heterocycles. The van der Waals surface area contributed by atoms with Crippen molar-refractivity contribution in [3.63, 3.8) is 0 Å². The van der Waals surface area contributed by atoms with E-state index in [1.165, 1.54) is 25.6 Å². The minimum Gasteiger partial charge on any atom is -0.465 e. The standard InChI is InChI=1S/C14H14N2O4S/c1-18-7-9-8(6-15)11(10-4-3-5-21-10)12(13(16)20-9)14(17)19-2/h3-5,11H,7,16H2,1-2H3. The van der Waals surface area contributed by atoms with Gasteiger partial charge in [-0.05, 0) is 11.4 Å². The molecule has 110 valence electrons. The number of esters is 1. The molecule has 2 rings (SSSR count). The SMILES string of the molecule is COCC1=C(C#N)C(c2cccs2)C(C(=O)OC)=C(N)O1. The van der Waals surface area contributed by atoms with Crippen LogP contribution in [0.4, 0.5) is 0 Å². The molecule has 0 spiro atoms. The molecule has 1 atom stereocenters. The third kappa shape index (κ3) is 2.77. The van der Waals surface area contributed by atoms with Crippen molar-refractivity contribution in [3.05, 3.63) is 45.2 Å². The normalized spacial score (nSPS) is 18.2. The van der Waals surface area contributed by atoms with E-state index < -0.39 is 11.9 Å². The summed E-state index contributed by atoms with van der Waals surface area (Å²) in [7, 11) is 2.75. The van der Waals surface area contributed by atoms with Gasteiger partial charge in [0.2, 0.25) is 5.88 Å². The summed E-state index contributed by atoms with van der Waals surface area (Å²) >= 11 is 1.42. The van der Waals surface area contributed by atoms with Crippen molar-refractivity contribution in [2.45, 2.75) is 5.92 Å². The third-order valence-corrected chi connectivity index (χ3v) is 3.94. The minimum atomic E-state index is -0.616. The Labute approximate surface area is 126 Å². The third-order valence-electron chi connectivity index (χ3n) is 3.01. The topological polar surface area (TPSA) is 94.6 Å². The minimum absolute atomic E-state index is 0.0636. The molecule has 0 fully saturated rings. The Morgan fingerprint density at radius 2 is 2.33 bits per heavy atom. The molecule has 7 heteroatoms. The van der Waals surface area contributed by atoms with E-state index in [0.29, 0.717) is 11.3 Å². The van der Waals surface area contributed by atoms with Crippen molar-refractivity contribution < 1.29 is 19.0 Å². The van der Waals surface area contributed by atoms with Crippen LogP contribution in [0.25, 0.3) is 0 Å². The van der Waals surface area contributed by atoms with Crippen molar-refractivity contribution in [1.29, 1.82) is 5.26 Å². The lowest BCUT2D eigenvalue weighted by atomic mass is 9.87. The molecule has 1 aromatic rings. The van der Waals surface area contributed by atoms with Crippen LogP contribution in [0.5, 0.6) is 0 Å². The van der Waals surface area contributed by atoms with Crippen molar-refractivity contribution >= 4 is 17.3 Å². The number of hydrogen-bond donors (Lipinski definition) is 1. The van der Waals surface area contributed by atoms with Crippen molar-refractivity contribution in [1.82, 2.24) is 0 Å². The molecule has 0 bridgehead atoms. The van der Waals surface area contributed by atoms with E-state index >= 15 is 0 Å². The number of ether oxygens (including phenoxy) is 3. The maximum absolute atomic E-state index is 12.0. The molecule has 6 nitrogen and oxygen atoms in total. The van der Waals surface area contributed by atoms with Crippen LogP contribution in [0.2, 0.25) is 0 Å². The van der Waals surface area contributed by atoms with Crippen LogP contribution >= 0.6 is 11.3 Å². The van der Waals surface area contributed by atoms with Gasteiger partial charge in [-0.25, -0.2) is 4.79 Å². The lowest BCUT2D eigenvalue weighted by Gasteiger charge is -2.26. The Balaban J connectivity index is 2.59. The van der Waals surface area contributed by atoms with Gasteiger partial charge >= 0.3 is 5.97 Å². The number of carbonyl (C=O) groups is 1. The first-order chi connectivity index (χ1) is 10.1. The number of nitrogens with zero attached hydrogens (tertiary/aromatic N) is 1. The van der Waals surface area contributed by atoms with Crippen molar-refractivity contribution in [3.8, 4) is 6.07 Å². The summed E-state index contributed by atoms with van der Waals surface area (Å²) in [5, 5.41) is 11.3. The lowest BCUT2D eigenvalue weighted by Crippen LogP contribution is -2.27. The Hall–Kier alpha value is -2.30. The van der Waals surface area contributed by atoms with Gasteiger partial charge in [0, 0.05) is 12.0 Å². The summed E-state index contributed by atoms with van der Waals surface area (Å²) in [6, 6.07) is 5.76. The van der Waals surface area contributed by atoms with Gasteiger partial charge in [0.05, 0.1) is 24.7 Å². The quantitative estimate of drug-likeness (QED) is 0.850. The zero-order valence-electron chi connectivity index (χ0n) is 11.6. The zero-order valence-corrected chi connectivity index (χ0v) is 12.4. The molecule has 0 saturated heterocycles. The molecule has 2 N–H and O–H groups in total. The van der Waals surface area contributed by atoms with Crippen LogP contribution in [0.15, 0.2) is 40.3 Å². The van der Waals surface area contributed by atoms with E-state index in [2.05, 4.69) is 6.07 Å². The molecule has 0 amide bonds. The number of nitrogens with two attached hydrogens (primary N) is 1. The number of nitriles is 1. The van der Waals surface area contributed by atoms with E-state index in [9.17, 15) is 10.1 Å². The number of carbonyl (C=O) groups excluding carboxylic acids is 1. The van der Waals surface area contributed by atoms with Gasteiger partial charge in [-0.15, -0.1) is 11.3 Å². The largest absolute Gasteiger partial charge is 0.465 e. The predicted octanol–water partition coefficient (Wildman–Crippen LogP) is 1.63. The average Bonchev–Trinajstić information content (AvgIpc) is 3.00. The van der Waals surface area contributed by atoms with Gasteiger partial charge in [-0.2, -0.15) is 5.26 Å². The fraction of sp³-hybridized carbons (Fsp3) is 0.286. The Morgan fingerprint density at radius 1 is 1.57 bits per heavy atom. The maximum atomic E-state index is 12.0. The van der Waals surface area contributed by atoms with E-state index in [4.69, 9.17) is 19.9 Å². The first kappa shape index (κ1) is 15.1. The molecular weight excluding hydrogens is 292 g/mol. The zero-order chi connectivity index (χ0) is 15.4. The number of methoxy groups -OCH3 is 2. The second-order valence-corrected chi connectivity index (χ2v) is 5.18. The van der Waals surface area contributed by atoms with Gasteiger partial charge in [0.25, 0.3) is 0 Å². The van der Waals surface area contributed by atoms with E-state index in [0.717, 1.165) is 4.88 Å². The lowest BCUT2D eigenvalue weighted by molar-refractivity contribution is -0.136. The van der Waals surface area contributed by atoms with Crippen LogP contribution in [-0.2, 0) is 19.0 Å². The highest BCUT2D eigenvalue weighted by Gasteiger charge is 2.37. The van der Waals surface area contributed by atoms with Crippen LogP contribution in [0.1, 0.15) is 10.8 Å². The molecule has 1 aliphatic rings. The maximum Gasteiger partial charge on any atom is 0.340 e. The van der Waals surface area contributed by atoms with Gasteiger partial charge in [0.1, 0.15) is 17.9 Å². The second-order valence-electron chi connectivity index (χ2n) is 4.20. The summed E-state index contributed by atoms with van der Waals surface area (Å²) in [4.78, 5) is 12.8. The molecule has 21 heavy (non-hydrogen) atoms. The summed E-state index contributed by atoms with van der Waals surface area (Å²) in [5.41, 5.74) is 6.29. The number of allylic oxidation sites excluding steroid dienone is 1. The smallest absolute Gasteiger partial charge is 0.340 e. The second kappa shape index (κ2) is 6.43. The van der Waals surface area contributed by atoms with Crippen molar-refractivity contribution in [2.75, 3.05) is 20.8 Å². The average molecular weight is 306 g/mol. The Kier molecular flexibility index (Phi) is 4.62. The summed E-state index contributed by atoms with van der Waals surface area (Å²) in [5.74, 6) is -0.966. The van der Waals surface area contributed by atoms with Gasteiger partial charge in [-0.1, -0.05) is 6.07 Å². The summed E-state index contributed by atoms with van der Waals surface area (Å²) in [6.07, 6.45) is 0. The molecule has 0 radical (unpaired) electrons. The first-order valence-corrected chi connectivity index (χ1v) is 6.93. The highest BCUT2D eigenvalue weighted by atomic mass is 32.1. The molecule has 0 aliphatic carbocycles. The fourth-order valence-electron chi connectivity index (χ4n) is 2.12. The Morgan fingerprint density at radius 3 is 2.86 bits per heavy atom. The monoisotopic (exact) mass is 306 g/mol. The van der Waals surface area contributed by atoms with Gasteiger partial charge < -0.3 is 19.9 Å². The Bertz CT molecular complexity index is 640. The summed E-state index contributed by atoms with van der Waals surface area (Å²) in [6.45, 7) is 0.0971. The van der Waals surface area contributed by atoms with Crippen LogP contribution in [-0.4, -0.2) is 26.8 Å². The van der Waals surface area contributed by atoms with Gasteiger partial charge in [-0.3, -0.25) is 0 Å². The summed E-state index contributed by atoms with van der Waals surface area (Å²) < 4.78 is 15.2. The van der Waals surface area contributed by atoms with E-state index in [-0.39, 0.29) is 18.1 Å². The highest BCUT2D eigenvalue weighted by molar-refractivity contribution is 7.10. The molecule has 0 aromatic carbocycles. The van der Waals surface area contributed by atoms with Gasteiger partial charge in [0.15, 0.2) is 0 Å². The molecule has 1 aliphatic heterocycles. The van der Waals surface area contributed by atoms with E-state index in [1.807, 2.05) is 17.5 Å². The molecule has 1 unspecified atom stereocenters. The molecular formula is C14H14N2O4S. The molecule has 2 heterocycles. The fourth-order valence-corrected chi connectivity index (χ4v) is 2.97. The number of hydrogen-bond acceptors (Lipinski definition) is 7. The first-order valence-electron chi connectivity index (χ1n) is 6.05. The number of thiophene rings is 1. The van der Waals surface area contributed by atoms with Crippen LogP contribution in [0, 0.1) is 11.3 Å². The van der Waals surface area contributed by atoms with Crippen LogP contribution < -0.4 is 5.73 Å².